The number of rotatable bonds is 8. The lowest BCUT2D eigenvalue weighted by Crippen LogP contribution is -2.49. The lowest BCUT2D eigenvalue weighted by atomic mass is 9.96. The van der Waals surface area contributed by atoms with Crippen LogP contribution in [0.4, 0.5) is 0 Å². The summed E-state index contributed by atoms with van der Waals surface area (Å²) in [7, 11) is 1.65. The van der Waals surface area contributed by atoms with E-state index < -0.39 is 0 Å². The summed E-state index contributed by atoms with van der Waals surface area (Å²) in [5.41, 5.74) is 3.00. The van der Waals surface area contributed by atoms with Crippen LogP contribution in [-0.4, -0.2) is 55.5 Å². The van der Waals surface area contributed by atoms with E-state index in [2.05, 4.69) is 35.0 Å². The van der Waals surface area contributed by atoms with Gasteiger partial charge in [-0.1, -0.05) is 38.1 Å². The number of nitrogens with one attached hydrogen (secondary N) is 1. The molecule has 1 atom stereocenters. The summed E-state index contributed by atoms with van der Waals surface area (Å²) >= 11 is 0. The van der Waals surface area contributed by atoms with Crippen LogP contribution in [0.1, 0.15) is 36.6 Å². The smallest absolute Gasteiger partial charge is 0.234 e. The lowest BCUT2D eigenvalue weighted by Gasteiger charge is -2.34. The van der Waals surface area contributed by atoms with Crippen molar-refractivity contribution in [2.45, 2.75) is 26.4 Å². The number of ether oxygens (including phenoxy) is 1. The van der Waals surface area contributed by atoms with Crippen LogP contribution in [-0.2, 0) is 11.3 Å². The zero-order valence-corrected chi connectivity index (χ0v) is 18.7. The molecular weight excluding hydrogens is 388 g/mol. The zero-order chi connectivity index (χ0) is 22.2. The third kappa shape index (κ3) is 6.55. The first-order valence-electron chi connectivity index (χ1n) is 10.9. The Morgan fingerprint density at radius 1 is 1.03 bits per heavy atom. The minimum absolute atomic E-state index is 0.0175. The Morgan fingerprint density at radius 2 is 1.65 bits per heavy atom. The van der Waals surface area contributed by atoms with Crippen molar-refractivity contribution in [1.82, 2.24) is 15.1 Å². The van der Waals surface area contributed by atoms with Crippen molar-refractivity contribution < 1.29 is 9.53 Å². The highest BCUT2D eigenvalue weighted by Crippen LogP contribution is 2.24. The Bertz CT molecular complexity index is 879. The van der Waals surface area contributed by atoms with Gasteiger partial charge in [-0.3, -0.25) is 14.6 Å². The van der Waals surface area contributed by atoms with Gasteiger partial charge in [0.05, 0.1) is 31.3 Å². The molecule has 2 aromatic rings. The normalized spacial score (nSPS) is 16.0. The molecule has 0 radical (unpaired) electrons. The van der Waals surface area contributed by atoms with Gasteiger partial charge in [-0.2, -0.15) is 5.26 Å². The number of carbonyl (C=O) groups excluding carboxylic acids is 1. The molecule has 1 aliphatic heterocycles. The zero-order valence-electron chi connectivity index (χ0n) is 18.7. The average Bonchev–Trinajstić information content (AvgIpc) is 2.79. The maximum absolute atomic E-state index is 12.7. The van der Waals surface area contributed by atoms with Crippen LogP contribution in [0.15, 0.2) is 48.5 Å². The summed E-state index contributed by atoms with van der Waals surface area (Å²) in [5, 5.41) is 12.1. The van der Waals surface area contributed by atoms with Crippen LogP contribution >= 0.6 is 0 Å². The maximum Gasteiger partial charge on any atom is 0.234 e. The van der Waals surface area contributed by atoms with Crippen molar-refractivity contribution in [3.8, 4) is 11.8 Å². The fourth-order valence-electron chi connectivity index (χ4n) is 3.92. The summed E-state index contributed by atoms with van der Waals surface area (Å²) in [5.74, 6) is 1.17. The predicted octanol–water partition coefficient (Wildman–Crippen LogP) is 3.20. The highest BCUT2D eigenvalue weighted by molar-refractivity contribution is 5.78. The van der Waals surface area contributed by atoms with Gasteiger partial charge in [0.2, 0.25) is 5.91 Å². The van der Waals surface area contributed by atoms with E-state index >= 15 is 0 Å². The highest BCUT2D eigenvalue weighted by Gasteiger charge is 2.22. The number of amides is 1. The quantitative estimate of drug-likeness (QED) is 0.710. The van der Waals surface area contributed by atoms with E-state index in [0.29, 0.717) is 18.0 Å². The standard InChI is InChI=1S/C25H32N4O2/c1-19(2)25(22-8-10-23(31-3)11-9-22)27-24(30)18-29-14-12-28(13-15-29)17-21-6-4-20(16-26)5-7-21/h4-11,19,25H,12-15,17-18H2,1-3H3,(H,27,30). The van der Waals surface area contributed by atoms with E-state index in [-0.39, 0.29) is 11.9 Å². The number of hydrogen-bond acceptors (Lipinski definition) is 5. The van der Waals surface area contributed by atoms with E-state index in [0.717, 1.165) is 44.0 Å². The number of nitriles is 1. The Kier molecular flexibility index (Phi) is 8.05. The summed E-state index contributed by atoms with van der Waals surface area (Å²) in [6.07, 6.45) is 0. The van der Waals surface area contributed by atoms with Crippen molar-refractivity contribution >= 4 is 5.91 Å². The van der Waals surface area contributed by atoms with Gasteiger partial charge < -0.3 is 10.1 Å². The number of nitrogens with zero attached hydrogens (tertiary/aromatic N) is 3. The second-order valence-electron chi connectivity index (χ2n) is 8.42. The topological polar surface area (TPSA) is 68.6 Å². The molecule has 1 saturated heterocycles. The SMILES string of the molecule is COc1ccc(C(NC(=O)CN2CCN(Cc3ccc(C#N)cc3)CC2)C(C)C)cc1. The molecule has 1 heterocycles. The molecule has 0 aromatic heterocycles. The number of carbonyl (C=O) groups is 1. The predicted molar refractivity (Wildman–Crippen MR) is 122 cm³/mol. The Morgan fingerprint density at radius 3 is 2.19 bits per heavy atom. The van der Waals surface area contributed by atoms with E-state index in [1.807, 2.05) is 48.5 Å². The molecule has 164 valence electrons. The largest absolute Gasteiger partial charge is 0.497 e. The number of benzene rings is 2. The first-order valence-corrected chi connectivity index (χ1v) is 10.9. The van der Waals surface area contributed by atoms with Crippen LogP contribution < -0.4 is 10.1 Å². The molecule has 3 rings (SSSR count). The van der Waals surface area contributed by atoms with Gasteiger partial charge in [0.15, 0.2) is 0 Å². The third-order valence-electron chi connectivity index (χ3n) is 5.78. The molecular formula is C25H32N4O2. The average molecular weight is 421 g/mol. The molecule has 1 amide bonds. The van der Waals surface area contributed by atoms with Crippen molar-refractivity contribution in [2.24, 2.45) is 5.92 Å². The number of hydrogen-bond donors (Lipinski definition) is 1. The maximum atomic E-state index is 12.7. The van der Waals surface area contributed by atoms with E-state index in [1.54, 1.807) is 7.11 Å². The summed E-state index contributed by atoms with van der Waals surface area (Å²) < 4.78 is 5.24. The Hall–Kier alpha value is -2.88. The fourth-order valence-corrected chi connectivity index (χ4v) is 3.92. The molecule has 6 heteroatoms. The Balaban J connectivity index is 1.47. The second-order valence-corrected chi connectivity index (χ2v) is 8.42. The monoisotopic (exact) mass is 420 g/mol. The molecule has 1 unspecified atom stereocenters. The van der Waals surface area contributed by atoms with Gasteiger partial charge in [0.1, 0.15) is 5.75 Å². The lowest BCUT2D eigenvalue weighted by molar-refractivity contribution is -0.123. The van der Waals surface area contributed by atoms with Crippen LogP contribution in [0.5, 0.6) is 5.75 Å². The van der Waals surface area contributed by atoms with Crippen LogP contribution in [0.2, 0.25) is 0 Å². The third-order valence-corrected chi connectivity index (χ3v) is 5.78. The molecule has 0 saturated carbocycles. The Labute approximate surface area is 185 Å². The summed E-state index contributed by atoms with van der Waals surface area (Å²) in [6, 6.07) is 17.8. The summed E-state index contributed by atoms with van der Waals surface area (Å²) in [6.45, 7) is 9.15. The fraction of sp³-hybridized carbons (Fsp3) is 0.440. The molecule has 1 fully saturated rings. The molecule has 1 N–H and O–H groups in total. The molecule has 0 bridgehead atoms. The second kappa shape index (κ2) is 10.9. The van der Waals surface area contributed by atoms with Crippen molar-refractivity contribution in [2.75, 3.05) is 39.8 Å². The van der Waals surface area contributed by atoms with Gasteiger partial charge in [-0.05, 0) is 41.3 Å². The number of methoxy groups -OCH3 is 1. The summed E-state index contributed by atoms with van der Waals surface area (Å²) in [4.78, 5) is 17.3. The minimum atomic E-state index is -0.0175. The molecule has 6 nitrogen and oxygen atoms in total. The molecule has 0 spiro atoms. The van der Waals surface area contributed by atoms with Gasteiger partial charge in [0, 0.05) is 32.7 Å². The van der Waals surface area contributed by atoms with Gasteiger partial charge in [-0.25, -0.2) is 0 Å². The minimum Gasteiger partial charge on any atom is -0.497 e. The van der Waals surface area contributed by atoms with E-state index in [9.17, 15) is 4.79 Å². The molecule has 1 aliphatic rings. The molecule has 2 aromatic carbocycles. The van der Waals surface area contributed by atoms with Crippen molar-refractivity contribution in [1.29, 1.82) is 5.26 Å². The van der Waals surface area contributed by atoms with Gasteiger partial charge in [-0.15, -0.1) is 0 Å². The molecule has 31 heavy (non-hydrogen) atoms. The van der Waals surface area contributed by atoms with E-state index in [4.69, 9.17) is 10.00 Å². The van der Waals surface area contributed by atoms with Crippen LogP contribution in [0.3, 0.4) is 0 Å². The number of piperazine rings is 1. The van der Waals surface area contributed by atoms with Gasteiger partial charge >= 0.3 is 0 Å². The van der Waals surface area contributed by atoms with Crippen molar-refractivity contribution in [3.63, 3.8) is 0 Å². The van der Waals surface area contributed by atoms with E-state index in [1.165, 1.54) is 5.56 Å². The van der Waals surface area contributed by atoms with Crippen LogP contribution in [0.25, 0.3) is 0 Å². The van der Waals surface area contributed by atoms with Crippen LogP contribution in [0, 0.1) is 17.2 Å². The van der Waals surface area contributed by atoms with Gasteiger partial charge in [0.25, 0.3) is 0 Å². The van der Waals surface area contributed by atoms with Crippen molar-refractivity contribution in [3.05, 3.63) is 65.2 Å². The first kappa shape index (κ1) is 22.8. The highest BCUT2D eigenvalue weighted by atomic mass is 16.5. The molecule has 0 aliphatic carbocycles. The first-order chi connectivity index (χ1) is 15.0.